The van der Waals surface area contributed by atoms with Gasteiger partial charge in [-0.05, 0) is 91.8 Å². The number of aryl methyl sites for hydroxylation is 3. The number of anilines is 1. The zero-order valence-corrected chi connectivity index (χ0v) is 23.4. The number of benzene rings is 4. The van der Waals surface area contributed by atoms with E-state index in [2.05, 4.69) is 98.9 Å². The molecular weight excluding hydrogens is 500 g/mol. The van der Waals surface area contributed by atoms with Gasteiger partial charge in [0, 0.05) is 17.8 Å². The fraction of sp³-hybridized carbons (Fsp3) is 0.229. The van der Waals surface area contributed by atoms with E-state index in [-0.39, 0.29) is 6.04 Å². The van der Waals surface area contributed by atoms with Crippen molar-refractivity contribution in [2.75, 3.05) is 5.32 Å². The summed E-state index contributed by atoms with van der Waals surface area (Å²) >= 11 is 6.54. The van der Waals surface area contributed by atoms with Gasteiger partial charge >= 0.3 is 0 Å². The first-order valence-electron chi connectivity index (χ1n) is 13.6. The number of hydrogen-bond acceptors (Lipinski definition) is 3. The highest BCUT2D eigenvalue weighted by Gasteiger charge is 2.37. The normalized spacial score (nSPS) is 19.5. The lowest BCUT2D eigenvalue weighted by Crippen LogP contribution is -2.29. The van der Waals surface area contributed by atoms with Crippen molar-refractivity contribution in [2.45, 2.75) is 45.8 Å². The molecule has 1 aliphatic heterocycles. The molecule has 1 aliphatic carbocycles. The lowest BCUT2D eigenvalue weighted by Gasteiger charge is -2.37. The van der Waals surface area contributed by atoms with Gasteiger partial charge in [-0.25, -0.2) is 0 Å². The molecule has 0 saturated heterocycles. The molecule has 0 unspecified atom stereocenters. The van der Waals surface area contributed by atoms with Gasteiger partial charge < -0.3 is 10.1 Å². The van der Waals surface area contributed by atoms with E-state index in [0.717, 1.165) is 23.2 Å². The fourth-order valence-corrected chi connectivity index (χ4v) is 6.23. The molecule has 4 heteroatoms. The van der Waals surface area contributed by atoms with Crippen molar-refractivity contribution < 1.29 is 4.74 Å². The second kappa shape index (κ2) is 10.7. The molecule has 0 amide bonds. The number of allylic oxidation sites excluding steroid dienone is 2. The highest BCUT2D eigenvalue weighted by atomic mass is 35.5. The Morgan fingerprint density at radius 2 is 1.69 bits per heavy atom. The van der Waals surface area contributed by atoms with Crippen LogP contribution < -0.4 is 10.1 Å². The average molecular weight is 533 g/mol. The van der Waals surface area contributed by atoms with Gasteiger partial charge in [-0.15, -0.1) is 0 Å². The number of fused-ring (bicyclic) bond motifs is 3. The number of nitrogens with one attached hydrogen (secondary N) is 1. The molecule has 1 heterocycles. The molecule has 0 fully saturated rings. The molecule has 3 nitrogen and oxygen atoms in total. The monoisotopic (exact) mass is 532 g/mol. The zero-order valence-electron chi connectivity index (χ0n) is 22.6. The van der Waals surface area contributed by atoms with Crippen molar-refractivity contribution in [1.29, 1.82) is 0 Å². The minimum atomic E-state index is 0.285. The van der Waals surface area contributed by atoms with E-state index < -0.39 is 0 Å². The molecule has 0 aromatic heterocycles. The number of ether oxygens (including phenoxy) is 1. The third kappa shape index (κ3) is 5.51. The fourth-order valence-electron chi connectivity index (χ4n) is 5.99. The molecule has 196 valence electrons. The summed E-state index contributed by atoms with van der Waals surface area (Å²) in [4.78, 5) is 4.70. The van der Waals surface area contributed by atoms with Crippen LogP contribution in [-0.2, 0) is 6.61 Å². The number of rotatable bonds is 6. The summed E-state index contributed by atoms with van der Waals surface area (Å²) in [5.41, 5.74) is 10.7. The second-order valence-corrected chi connectivity index (χ2v) is 11.3. The Labute approximate surface area is 236 Å². The summed E-state index contributed by atoms with van der Waals surface area (Å²) < 4.78 is 5.99. The van der Waals surface area contributed by atoms with E-state index in [1.807, 2.05) is 24.4 Å². The Morgan fingerprint density at radius 3 is 2.46 bits per heavy atom. The maximum Gasteiger partial charge on any atom is 0.138 e. The van der Waals surface area contributed by atoms with E-state index in [1.54, 1.807) is 0 Å². The molecule has 3 atom stereocenters. The molecular formula is C35H33ClN2O. The molecule has 0 spiro atoms. The van der Waals surface area contributed by atoms with Crippen LogP contribution >= 0.6 is 11.6 Å². The predicted octanol–water partition coefficient (Wildman–Crippen LogP) is 9.42. The van der Waals surface area contributed by atoms with E-state index in [4.69, 9.17) is 21.3 Å². The Bertz CT molecular complexity index is 1550. The summed E-state index contributed by atoms with van der Waals surface area (Å²) in [5.74, 6) is 1.68. The topological polar surface area (TPSA) is 33.6 Å². The van der Waals surface area contributed by atoms with Crippen LogP contribution in [0.2, 0.25) is 5.02 Å². The predicted molar refractivity (Wildman–Crippen MR) is 163 cm³/mol. The molecule has 6 rings (SSSR count). The molecule has 39 heavy (non-hydrogen) atoms. The van der Waals surface area contributed by atoms with Crippen molar-refractivity contribution in [2.24, 2.45) is 10.9 Å². The Balaban J connectivity index is 1.12. The summed E-state index contributed by atoms with van der Waals surface area (Å²) in [7, 11) is 0. The first-order valence-corrected chi connectivity index (χ1v) is 14.0. The van der Waals surface area contributed by atoms with Gasteiger partial charge in [0.1, 0.15) is 12.4 Å². The molecule has 0 saturated carbocycles. The van der Waals surface area contributed by atoms with Gasteiger partial charge in [0.25, 0.3) is 0 Å². The van der Waals surface area contributed by atoms with Gasteiger partial charge in [0.2, 0.25) is 0 Å². The molecule has 2 aliphatic rings. The molecule has 0 bridgehead atoms. The van der Waals surface area contributed by atoms with E-state index in [0.29, 0.717) is 29.2 Å². The molecule has 0 radical (unpaired) electrons. The van der Waals surface area contributed by atoms with Crippen molar-refractivity contribution in [3.8, 4) is 5.75 Å². The third-order valence-electron chi connectivity index (χ3n) is 7.76. The van der Waals surface area contributed by atoms with Crippen LogP contribution in [0.1, 0.15) is 57.3 Å². The van der Waals surface area contributed by atoms with Gasteiger partial charge in [0.15, 0.2) is 0 Å². The number of aliphatic imine (C=N–C) groups is 1. The Kier molecular flexibility index (Phi) is 7.01. The lowest BCUT2D eigenvalue weighted by atomic mass is 9.76. The van der Waals surface area contributed by atoms with Crippen LogP contribution in [0.4, 0.5) is 11.4 Å². The Hall–Kier alpha value is -3.82. The van der Waals surface area contributed by atoms with Gasteiger partial charge in [0.05, 0.1) is 16.8 Å². The van der Waals surface area contributed by atoms with Crippen molar-refractivity contribution in [3.05, 3.63) is 135 Å². The maximum absolute atomic E-state index is 6.54. The summed E-state index contributed by atoms with van der Waals surface area (Å²) in [6.45, 7) is 6.85. The van der Waals surface area contributed by atoms with Crippen LogP contribution in [0.15, 0.2) is 96.0 Å². The lowest BCUT2D eigenvalue weighted by molar-refractivity contribution is 0.306. The highest BCUT2D eigenvalue weighted by Crippen LogP contribution is 2.50. The van der Waals surface area contributed by atoms with E-state index in [9.17, 15) is 0 Å². The molecule has 4 aromatic rings. The van der Waals surface area contributed by atoms with E-state index >= 15 is 0 Å². The van der Waals surface area contributed by atoms with Gasteiger partial charge in [-0.3, -0.25) is 4.99 Å². The average Bonchev–Trinajstić information content (AvgIpc) is 3.41. The van der Waals surface area contributed by atoms with Crippen molar-refractivity contribution in [1.82, 2.24) is 0 Å². The largest absolute Gasteiger partial charge is 0.487 e. The quantitative estimate of drug-likeness (QED) is 0.198. The highest BCUT2D eigenvalue weighted by molar-refractivity contribution is 6.32. The summed E-state index contributed by atoms with van der Waals surface area (Å²) in [6.07, 6.45) is 7.68. The first kappa shape index (κ1) is 25.5. The minimum absolute atomic E-state index is 0.285. The van der Waals surface area contributed by atoms with E-state index in [1.165, 1.54) is 33.5 Å². The number of hydrogen-bond donors (Lipinski definition) is 1. The SMILES string of the molecule is Cc1cc(C)cc(COc2ccc(C=Nc3ccc([C@@H]4Nc5ccc(C)cc5[C@H]5C=CC[C@H]54)cc3)cc2Cl)c1. The number of nitrogens with zero attached hydrogens (tertiary/aromatic N) is 1. The minimum Gasteiger partial charge on any atom is -0.487 e. The van der Waals surface area contributed by atoms with Crippen LogP contribution in [0.5, 0.6) is 5.75 Å². The smallest absolute Gasteiger partial charge is 0.138 e. The number of halogens is 1. The standard InChI is InChI=1S/C35H33ClN2O/c1-22-7-13-33-31(18-22)29-5-4-6-30(29)35(38-33)27-9-11-28(12-10-27)37-20-25-8-14-34(32(36)19-25)39-21-26-16-23(2)15-24(3)17-26/h4-5,7-20,29-30,35,38H,6,21H2,1-3H3/t29-,30+,35-/m0/s1. The maximum atomic E-state index is 6.54. The first-order chi connectivity index (χ1) is 18.9. The summed E-state index contributed by atoms with van der Waals surface area (Å²) in [6, 6.07) is 27.9. The van der Waals surface area contributed by atoms with Crippen LogP contribution in [0.3, 0.4) is 0 Å². The Morgan fingerprint density at radius 1 is 0.897 bits per heavy atom. The van der Waals surface area contributed by atoms with Gasteiger partial charge in [-0.1, -0.05) is 82.9 Å². The van der Waals surface area contributed by atoms with Crippen LogP contribution in [-0.4, -0.2) is 6.21 Å². The summed E-state index contributed by atoms with van der Waals surface area (Å²) in [5, 5.41) is 4.40. The molecule has 1 N–H and O–H groups in total. The van der Waals surface area contributed by atoms with Gasteiger partial charge in [-0.2, -0.15) is 0 Å². The molecule has 4 aromatic carbocycles. The van der Waals surface area contributed by atoms with Crippen molar-refractivity contribution in [3.63, 3.8) is 0 Å². The third-order valence-corrected chi connectivity index (χ3v) is 8.06. The van der Waals surface area contributed by atoms with Crippen LogP contribution in [0.25, 0.3) is 0 Å². The van der Waals surface area contributed by atoms with Crippen molar-refractivity contribution >= 4 is 29.2 Å². The zero-order chi connectivity index (χ0) is 26.9. The van der Waals surface area contributed by atoms with Crippen LogP contribution in [0, 0.1) is 26.7 Å². The second-order valence-electron chi connectivity index (χ2n) is 10.9.